The zero-order valence-corrected chi connectivity index (χ0v) is 13.5. The number of amides is 1. The van der Waals surface area contributed by atoms with Crippen LogP contribution in [0.3, 0.4) is 0 Å². The Morgan fingerprint density at radius 2 is 2.05 bits per heavy atom. The van der Waals surface area contributed by atoms with Crippen molar-refractivity contribution in [2.75, 3.05) is 11.9 Å². The monoisotopic (exact) mass is 288 g/mol. The predicted molar refractivity (Wildman–Crippen MR) is 88.5 cm³/mol. The van der Waals surface area contributed by atoms with E-state index in [9.17, 15) is 4.79 Å². The van der Waals surface area contributed by atoms with Gasteiger partial charge in [-0.2, -0.15) is 0 Å². The number of unbranched alkanes of at least 4 members (excludes halogenated alkanes) is 1. The van der Waals surface area contributed by atoms with Crippen molar-refractivity contribution in [1.82, 2.24) is 5.32 Å². The SMILES string of the molecule is CCCCc1ccc(NC(=O)C2NCCCC2(C)C)cc1. The minimum Gasteiger partial charge on any atom is -0.325 e. The fraction of sp³-hybridized carbons (Fsp3) is 0.611. The van der Waals surface area contributed by atoms with Crippen molar-refractivity contribution in [2.45, 2.75) is 58.9 Å². The topological polar surface area (TPSA) is 41.1 Å². The molecule has 1 amide bonds. The fourth-order valence-corrected chi connectivity index (χ4v) is 3.01. The van der Waals surface area contributed by atoms with Crippen LogP contribution in [-0.4, -0.2) is 18.5 Å². The van der Waals surface area contributed by atoms with Crippen molar-refractivity contribution in [2.24, 2.45) is 5.41 Å². The molecule has 1 aliphatic heterocycles. The summed E-state index contributed by atoms with van der Waals surface area (Å²) in [7, 11) is 0. The Bertz CT molecular complexity index is 465. The third kappa shape index (κ3) is 4.31. The van der Waals surface area contributed by atoms with Gasteiger partial charge in [0.25, 0.3) is 0 Å². The minimum atomic E-state index is -0.106. The highest BCUT2D eigenvalue weighted by Gasteiger charge is 2.36. The highest BCUT2D eigenvalue weighted by Crippen LogP contribution is 2.30. The molecule has 0 saturated carbocycles. The second-order valence-corrected chi connectivity index (χ2v) is 6.77. The highest BCUT2D eigenvalue weighted by atomic mass is 16.2. The Balaban J connectivity index is 1.95. The first-order valence-electron chi connectivity index (χ1n) is 8.16. The van der Waals surface area contributed by atoms with Crippen LogP contribution in [0.4, 0.5) is 5.69 Å². The molecule has 1 aromatic carbocycles. The van der Waals surface area contributed by atoms with Crippen LogP contribution >= 0.6 is 0 Å². The summed E-state index contributed by atoms with van der Waals surface area (Å²) < 4.78 is 0. The number of hydrogen-bond acceptors (Lipinski definition) is 2. The first kappa shape index (κ1) is 16.0. The van der Waals surface area contributed by atoms with Crippen molar-refractivity contribution < 1.29 is 4.79 Å². The van der Waals surface area contributed by atoms with Gasteiger partial charge in [0.2, 0.25) is 5.91 Å². The van der Waals surface area contributed by atoms with Crippen molar-refractivity contribution in [3.8, 4) is 0 Å². The van der Waals surface area contributed by atoms with Crippen molar-refractivity contribution in [1.29, 1.82) is 0 Å². The van der Waals surface area contributed by atoms with E-state index in [-0.39, 0.29) is 17.4 Å². The lowest BCUT2D eigenvalue weighted by Gasteiger charge is -2.38. The molecule has 0 bridgehead atoms. The number of rotatable bonds is 5. The summed E-state index contributed by atoms with van der Waals surface area (Å²) in [5.41, 5.74) is 2.25. The van der Waals surface area contributed by atoms with Crippen LogP contribution in [0.2, 0.25) is 0 Å². The second kappa shape index (κ2) is 7.08. The van der Waals surface area contributed by atoms with Crippen LogP contribution in [0.1, 0.15) is 52.0 Å². The number of piperidine rings is 1. The van der Waals surface area contributed by atoms with Crippen LogP contribution in [0, 0.1) is 5.41 Å². The number of hydrogen-bond donors (Lipinski definition) is 2. The molecule has 1 unspecified atom stereocenters. The van der Waals surface area contributed by atoms with Crippen molar-refractivity contribution >= 4 is 11.6 Å². The standard InChI is InChI=1S/C18H28N2O/c1-4-5-7-14-8-10-15(11-9-14)20-17(21)16-18(2,3)12-6-13-19-16/h8-11,16,19H,4-7,12-13H2,1-3H3,(H,20,21). The average molecular weight is 288 g/mol. The first-order valence-corrected chi connectivity index (χ1v) is 8.16. The summed E-state index contributed by atoms with van der Waals surface area (Å²) in [5, 5.41) is 6.41. The maximum atomic E-state index is 12.5. The van der Waals surface area contributed by atoms with E-state index in [1.54, 1.807) is 0 Å². The maximum Gasteiger partial charge on any atom is 0.242 e. The lowest BCUT2D eigenvalue weighted by molar-refractivity contribution is -0.121. The third-order valence-electron chi connectivity index (χ3n) is 4.43. The molecule has 3 nitrogen and oxygen atoms in total. The summed E-state index contributed by atoms with van der Waals surface area (Å²) in [6.07, 6.45) is 5.77. The quantitative estimate of drug-likeness (QED) is 0.866. The summed E-state index contributed by atoms with van der Waals surface area (Å²) in [6, 6.07) is 8.15. The van der Waals surface area contributed by atoms with Crippen LogP contribution in [0.15, 0.2) is 24.3 Å². The van der Waals surface area contributed by atoms with E-state index >= 15 is 0 Å². The van der Waals surface area contributed by atoms with Gasteiger partial charge in [-0.15, -0.1) is 0 Å². The van der Waals surface area contributed by atoms with Crippen LogP contribution in [0.25, 0.3) is 0 Å². The Morgan fingerprint density at radius 3 is 2.67 bits per heavy atom. The number of benzene rings is 1. The van der Waals surface area contributed by atoms with Crippen LogP contribution < -0.4 is 10.6 Å². The second-order valence-electron chi connectivity index (χ2n) is 6.77. The number of aryl methyl sites for hydroxylation is 1. The number of nitrogens with one attached hydrogen (secondary N) is 2. The molecule has 2 rings (SSSR count). The van der Waals surface area contributed by atoms with Gasteiger partial charge in [-0.25, -0.2) is 0 Å². The number of carbonyl (C=O) groups excluding carboxylic acids is 1. The molecule has 1 heterocycles. The molecule has 3 heteroatoms. The van der Waals surface area contributed by atoms with E-state index in [0.29, 0.717) is 0 Å². The molecule has 1 aliphatic rings. The molecule has 116 valence electrons. The largest absolute Gasteiger partial charge is 0.325 e. The molecular weight excluding hydrogens is 260 g/mol. The summed E-state index contributed by atoms with van der Waals surface area (Å²) in [5.74, 6) is 0.0843. The maximum absolute atomic E-state index is 12.5. The summed E-state index contributed by atoms with van der Waals surface area (Å²) in [6.45, 7) is 7.46. The highest BCUT2D eigenvalue weighted by molar-refractivity contribution is 5.95. The van der Waals surface area contributed by atoms with Crippen molar-refractivity contribution in [3.63, 3.8) is 0 Å². The Morgan fingerprint density at radius 1 is 1.33 bits per heavy atom. The normalized spacial score (nSPS) is 21.0. The van der Waals surface area contributed by atoms with Gasteiger partial charge in [-0.3, -0.25) is 4.79 Å². The van der Waals surface area contributed by atoms with E-state index in [1.807, 2.05) is 12.1 Å². The molecule has 2 N–H and O–H groups in total. The van der Waals surface area contributed by atoms with Gasteiger partial charge < -0.3 is 10.6 Å². The fourth-order valence-electron chi connectivity index (χ4n) is 3.01. The van der Waals surface area contributed by atoms with E-state index in [2.05, 4.69) is 43.5 Å². The molecular formula is C18H28N2O. The average Bonchev–Trinajstić information content (AvgIpc) is 2.46. The van der Waals surface area contributed by atoms with Gasteiger partial charge in [0.1, 0.15) is 0 Å². The van der Waals surface area contributed by atoms with Gasteiger partial charge in [0, 0.05) is 5.69 Å². The summed E-state index contributed by atoms with van der Waals surface area (Å²) >= 11 is 0. The molecule has 1 saturated heterocycles. The van der Waals surface area contributed by atoms with Gasteiger partial charge in [-0.1, -0.05) is 39.3 Å². The Hall–Kier alpha value is -1.35. The van der Waals surface area contributed by atoms with Crippen molar-refractivity contribution in [3.05, 3.63) is 29.8 Å². The minimum absolute atomic E-state index is 0.0173. The smallest absolute Gasteiger partial charge is 0.242 e. The molecule has 0 aliphatic carbocycles. The number of carbonyl (C=O) groups is 1. The molecule has 1 fully saturated rings. The molecule has 1 atom stereocenters. The molecule has 0 aromatic heterocycles. The summed E-state index contributed by atoms with van der Waals surface area (Å²) in [4.78, 5) is 12.5. The zero-order valence-electron chi connectivity index (χ0n) is 13.5. The van der Waals surface area contributed by atoms with Crippen LogP contribution in [0.5, 0.6) is 0 Å². The van der Waals surface area contributed by atoms with E-state index in [4.69, 9.17) is 0 Å². The lowest BCUT2D eigenvalue weighted by atomic mass is 9.77. The van der Waals surface area contributed by atoms with Gasteiger partial charge in [0.05, 0.1) is 6.04 Å². The Kier molecular flexibility index (Phi) is 5.40. The van der Waals surface area contributed by atoms with Crippen LogP contribution in [-0.2, 0) is 11.2 Å². The van der Waals surface area contributed by atoms with Gasteiger partial charge in [-0.05, 0) is 55.3 Å². The van der Waals surface area contributed by atoms with E-state index < -0.39 is 0 Å². The molecule has 0 radical (unpaired) electrons. The molecule has 1 aromatic rings. The third-order valence-corrected chi connectivity index (χ3v) is 4.43. The lowest BCUT2D eigenvalue weighted by Crippen LogP contribution is -2.53. The van der Waals surface area contributed by atoms with Gasteiger partial charge >= 0.3 is 0 Å². The molecule has 21 heavy (non-hydrogen) atoms. The van der Waals surface area contributed by atoms with E-state index in [1.165, 1.54) is 18.4 Å². The van der Waals surface area contributed by atoms with E-state index in [0.717, 1.165) is 31.5 Å². The predicted octanol–water partition coefficient (Wildman–Crippen LogP) is 3.75. The number of anilines is 1. The molecule has 0 spiro atoms. The first-order chi connectivity index (χ1) is 10.0. The van der Waals surface area contributed by atoms with Gasteiger partial charge in [0.15, 0.2) is 0 Å². The Labute approximate surface area is 128 Å². The zero-order chi connectivity index (χ0) is 15.3.